The molecule has 0 N–H and O–H groups in total. The predicted octanol–water partition coefficient (Wildman–Crippen LogP) is 1.11. The van der Waals surface area contributed by atoms with Crippen LogP contribution in [-0.2, 0) is 9.59 Å². The Labute approximate surface area is 164 Å². The van der Waals surface area contributed by atoms with E-state index in [0.29, 0.717) is 25.2 Å². The van der Waals surface area contributed by atoms with Crippen LogP contribution in [0.1, 0.15) is 10.9 Å². The zero-order valence-corrected chi connectivity index (χ0v) is 16.8. The molecule has 27 heavy (non-hydrogen) atoms. The number of carbonyl (C=O) groups excluding carboxylic acids is 2. The fourth-order valence-electron chi connectivity index (χ4n) is 3.38. The van der Waals surface area contributed by atoms with Crippen LogP contribution in [0.4, 0.5) is 4.39 Å². The molecule has 2 saturated heterocycles. The molecule has 2 aliphatic heterocycles. The number of hydrogen-bond donors (Lipinski definition) is 0. The second-order valence-corrected chi connectivity index (χ2v) is 8.36. The van der Waals surface area contributed by atoms with Crippen molar-refractivity contribution in [3.05, 3.63) is 35.6 Å². The highest BCUT2D eigenvalue weighted by Crippen LogP contribution is 2.38. The summed E-state index contributed by atoms with van der Waals surface area (Å²) in [5, 5.41) is -0.238. The molecule has 0 bridgehead atoms. The Morgan fingerprint density at radius 2 is 1.70 bits per heavy atom. The summed E-state index contributed by atoms with van der Waals surface area (Å²) in [6.07, 6.45) is 0. The summed E-state index contributed by atoms with van der Waals surface area (Å²) >= 11 is 1.61. The average Bonchev–Trinajstić information content (AvgIpc) is 3.13. The fourth-order valence-corrected chi connectivity index (χ4v) is 4.68. The largest absolute Gasteiger partial charge is 0.348 e. The lowest BCUT2D eigenvalue weighted by atomic mass is 10.2. The maximum atomic E-state index is 14.1. The molecule has 2 heterocycles. The lowest BCUT2D eigenvalue weighted by Crippen LogP contribution is -2.51. The van der Waals surface area contributed by atoms with Crippen molar-refractivity contribution in [2.75, 3.05) is 65.7 Å². The Morgan fingerprint density at radius 1 is 1.07 bits per heavy atom. The molecule has 0 aromatic heterocycles. The number of halogens is 1. The number of rotatable bonds is 5. The van der Waals surface area contributed by atoms with E-state index in [1.54, 1.807) is 47.8 Å². The van der Waals surface area contributed by atoms with E-state index in [9.17, 15) is 14.0 Å². The highest BCUT2D eigenvalue weighted by molar-refractivity contribution is 7.99. The lowest BCUT2D eigenvalue weighted by Gasteiger charge is -2.35. The lowest BCUT2D eigenvalue weighted by molar-refractivity contribution is -0.134. The van der Waals surface area contributed by atoms with E-state index in [1.807, 2.05) is 6.07 Å². The van der Waals surface area contributed by atoms with Crippen LogP contribution in [0.15, 0.2) is 24.3 Å². The zero-order valence-electron chi connectivity index (χ0n) is 15.9. The molecule has 6 nitrogen and oxygen atoms in total. The molecule has 0 saturated carbocycles. The SMILES string of the molecule is CN(C)C(=O)CN1CCN(CC(=O)N2CCS[C@@H]2c2ccccc2F)CC1. The van der Waals surface area contributed by atoms with Gasteiger partial charge in [0.2, 0.25) is 11.8 Å². The zero-order chi connectivity index (χ0) is 19.4. The number of likely N-dealkylation sites (N-methyl/N-ethyl adjacent to an activating group) is 1. The predicted molar refractivity (Wildman–Crippen MR) is 105 cm³/mol. The molecule has 0 radical (unpaired) electrons. The highest BCUT2D eigenvalue weighted by Gasteiger charge is 2.33. The van der Waals surface area contributed by atoms with Crippen molar-refractivity contribution in [3.63, 3.8) is 0 Å². The molecule has 0 unspecified atom stereocenters. The van der Waals surface area contributed by atoms with Gasteiger partial charge < -0.3 is 9.80 Å². The van der Waals surface area contributed by atoms with Gasteiger partial charge in [-0.2, -0.15) is 0 Å². The van der Waals surface area contributed by atoms with Crippen molar-refractivity contribution >= 4 is 23.6 Å². The van der Waals surface area contributed by atoms with Gasteiger partial charge in [-0.3, -0.25) is 19.4 Å². The summed E-state index contributed by atoms with van der Waals surface area (Å²) < 4.78 is 14.1. The average molecular weight is 395 g/mol. The van der Waals surface area contributed by atoms with Gasteiger partial charge in [-0.15, -0.1) is 11.8 Å². The third kappa shape index (κ3) is 5.00. The molecule has 1 atom stereocenters. The maximum Gasteiger partial charge on any atom is 0.237 e. The summed E-state index contributed by atoms with van der Waals surface area (Å²) in [5.74, 6) is 0.715. The minimum absolute atomic E-state index is 0.0473. The van der Waals surface area contributed by atoms with Gasteiger partial charge in [0.25, 0.3) is 0 Å². The molecule has 1 aromatic carbocycles. The van der Waals surface area contributed by atoms with Crippen LogP contribution in [0.3, 0.4) is 0 Å². The van der Waals surface area contributed by atoms with Crippen molar-refractivity contribution in [2.24, 2.45) is 0 Å². The third-order valence-electron chi connectivity index (χ3n) is 5.06. The summed E-state index contributed by atoms with van der Waals surface area (Å²) in [6.45, 7) is 4.50. The van der Waals surface area contributed by atoms with E-state index in [2.05, 4.69) is 9.80 Å². The van der Waals surface area contributed by atoms with Gasteiger partial charge in [0.05, 0.1) is 13.1 Å². The van der Waals surface area contributed by atoms with E-state index in [4.69, 9.17) is 0 Å². The molecule has 0 spiro atoms. The topological polar surface area (TPSA) is 47.1 Å². The van der Waals surface area contributed by atoms with E-state index >= 15 is 0 Å². The van der Waals surface area contributed by atoms with Crippen LogP contribution in [0.2, 0.25) is 0 Å². The van der Waals surface area contributed by atoms with Gasteiger partial charge in [0.1, 0.15) is 11.2 Å². The van der Waals surface area contributed by atoms with Crippen molar-refractivity contribution in [1.29, 1.82) is 0 Å². The van der Waals surface area contributed by atoms with E-state index in [1.165, 1.54) is 6.07 Å². The smallest absolute Gasteiger partial charge is 0.237 e. The summed E-state index contributed by atoms with van der Waals surface area (Å²) in [4.78, 5) is 32.3. The quantitative estimate of drug-likeness (QED) is 0.749. The molecule has 2 aliphatic rings. The normalized spacial score (nSPS) is 21.4. The van der Waals surface area contributed by atoms with E-state index in [-0.39, 0.29) is 23.0 Å². The number of thioether (sulfide) groups is 1. The molecule has 1 aromatic rings. The number of carbonyl (C=O) groups is 2. The van der Waals surface area contributed by atoms with Gasteiger partial charge in [-0.1, -0.05) is 18.2 Å². The first kappa shape index (κ1) is 20.1. The van der Waals surface area contributed by atoms with E-state index < -0.39 is 0 Å². The summed E-state index contributed by atoms with van der Waals surface area (Å²) in [5.41, 5.74) is 0.584. The fraction of sp³-hybridized carbons (Fsp3) is 0.579. The highest BCUT2D eigenvalue weighted by atomic mass is 32.2. The maximum absolute atomic E-state index is 14.1. The van der Waals surface area contributed by atoms with Crippen LogP contribution in [0.5, 0.6) is 0 Å². The molecule has 2 amide bonds. The standard InChI is InChI=1S/C19H27FN4O2S/c1-21(2)17(25)13-22-7-9-23(10-8-22)14-18(26)24-11-12-27-19(24)15-5-3-4-6-16(15)20/h3-6,19H,7-14H2,1-2H3/t19-/m1/s1. The van der Waals surface area contributed by atoms with Crippen molar-refractivity contribution in [2.45, 2.75) is 5.37 Å². The second kappa shape index (κ2) is 9.03. The molecule has 8 heteroatoms. The molecule has 2 fully saturated rings. The number of piperazine rings is 1. The van der Waals surface area contributed by atoms with Crippen LogP contribution in [-0.4, -0.2) is 97.1 Å². The number of amides is 2. The van der Waals surface area contributed by atoms with Crippen LogP contribution < -0.4 is 0 Å². The van der Waals surface area contributed by atoms with Gasteiger partial charge >= 0.3 is 0 Å². The Morgan fingerprint density at radius 3 is 2.33 bits per heavy atom. The van der Waals surface area contributed by atoms with Crippen molar-refractivity contribution < 1.29 is 14.0 Å². The number of hydrogen-bond acceptors (Lipinski definition) is 5. The van der Waals surface area contributed by atoms with E-state index in [0.717, 1.165) is 31.9 Å². The van der Waals surface area contributed by atoms with Gasteiger partial charge in [0.15, 0.2) is 0 Å². The molecule has 3 rings (SSSR count). The summed E-state index contributed by atoms with van der Waals surface area (Å²) in [7, 11) is 3.52. The monoisotopic (exact) mass is 394 g/mol. The first-order chi connectivity index (χ1) is 13.0. The first-order valence-electron chi connectivity index (χ1n) is 9.26. The van der Waals surface area contributed by atoms with Crippen LogP contribution in [0.25, 0.3) is 0 Å². The number of nitrogens with zero attached hydrogens (tertiary/aromatic N) is 4. The van der Waals surface area contributed by atoms with Crippen molar-refractivity contribution in [3.8, 4) is 0 Å². The number of benzene rings is 1. The molecule has 148 valence electrons. The van der Waals surface area contributed by atoms with Crippen LogP contribution >= 0.6 is 11.8 Å². The molecule has 0 aliphatic carbocycles. The van der Waals surface area contributed by atoms with Gasteiger partial charge in [0, 0.05) is 58.1 Å². The van der Waals surface area contributed by atoms with Crippen molar-refractivity contribution in [1.82, 2.24) is 19.6 Å². The summed E-state index contributed by atoms with van der Waals surface area (Å²) in [6, 6.07) is 6.70. The molecular formula is C19H27FN4O2S. The Bertz CT molecular complexity index is 679. The van der Waals surface area contributed by atoms with Gasteiger partial charge in [-0.25, -0.2) is 4.39 Å². The second-order valence-electron chi connectivity index (χ2n) is 7.17. The Balaban J connectivity index is 1.52. The Hall–Kier alpha value is -1.64. The minimum Gasteiger partial charge on any atom is -0.348 e. The first-order valence-corrected chi connectivity index (χ1v) is 10.3. The minimum atomic E-state index is -0.256. The molecular weight excluding hydrogens is 367 g/mol. The van der Waals surface area contributed by atoms with Gasteiger partial charge in [-0.05, 0) is 6.07 Å². The Kier molecular flexibility index (Phi) is 6.73. The third-order valence-corrected chi connectivity index (χ3v) is 6.31. The van der Waals surface area contributed by atoms with Crippen LogP contribution in [0, 0.1) is 5.82 Å².